The normalized spacial score (nSPS) is 16.8. The van der Waals surface area contributed by atoms with Gasteiger partial charge in [-0.2, -0.15) is 0 Å². The van der Waals surface area contributed by atoms with Gasteiger partial charge in [0.1, 0.15) is 0 Å². The molecule has 0 radical (unpaired) electrons. The van der Waals surface area contributed by atoms with Gasteiger partial charge in [-0.1, -0.05) is 23.7 Å². The number of carboxylic acids is 1. The molecule has 2 aromatic rings. The monoisotopic (exact) mass is 364 g/mol. The number of halogens is 1. The Bertz CT molecular complexity index is 878. The second-order valence-corrected chi connectivity index (χ2v) is 8.05. The number of carbonyl (C=O) groups is 1. The van der Waals surface area contributed by atoms with E-state index in [-0.39, 0.29) is 16.4 Å². The third-order valence-electron chi connectivity index (χ3n) is 4.15. The lowest BCUT2D eigenvalue weighted by atomic mass is 10.1. The zero-order chi connectivity index (χ0) is 17.3. The SMILES string of the molecule is O=C([O-])c1ccc2c(c1)CC(CNS(=O)(=O)c1ccc(Cl)cc1)C2. The highest BCUT2D eigenvalue weighted by Crippen LogP contribution is 2.27. The van der Waals surface area contributed by atoms with Gasteiger partial charge in [-0.25, -0.2) is 13.1 Å². The van der Waals surface area contributed by atoms with Crippen LogP contribution in [0.1, 0.15) is 21.5 Å². The van der Waals surface area contributed by atoms with Crippen LogP contribution in [0, 0.1) is 5.92 Å². The van der Waals surface area contributed by atoms with E-state index in [1.165, 1.54) is 30.3 Å². The second kappa shape index (κ2) is 6.55. The van der Waals surface area contributed by atoms with Crippen molar-refractivity contribution in [1.82, 2.24) is 4.72 Å². The fourth-order valence-electron chi connectivity index (χ4n) is 2.91. The lowest BCUT2D eigenvalue weighted by Gasteiger charge is -2.11. The predicted molar refractivity (Wildman–Crippen MR) is 88.3 cm³/mol. The first-order valence-electron chi connectivity index (χ1n) is 7.43. The summed E-state index contributed by atoms with van der Waals surface area (Å²) < 4.78 is 27.2. The number of aromatic carboxylic acids is 1. The smallest absolute Gasteiger partial charge is 0.240 e. The summed E-state index contributed by atoms with van der Waals surface area (Å²) in [7, 11) is -3.59. The van der Waals surface area contributed by atoms with Crippen LogP contribution in [0.5, 0.6) is 0 Å². The van der Waals surface area contributed by atoms with Crippen molar-refractivity contribution in [2.45, 2.75) is 17.7 Å². The molecule has 0 spiro atoms. The lowest BCUT2D eigenvalue weighted by molar-refractivity contribution is -0.255. The van der Waals surface area contributed by atoms with Crippen molar-refractivity contribution in [3.63, 3.8) is 0 Å². The molecular weight excluding hydrogens is 350 g/mol. The molecule has 0 bridgehead atoms. The van der Waals surface area contributed by atoms with E-state index in [1.54, 1.807) is 12.1 Å². The Morgan fingerprint density at radius 3 is 2.46 bits per heavy atom. The van der Waals surface area contributed by atoms with Crippen LogP contribution in [0.4, 0.5) is 0 Å². The average Bonchev–Trinajstić information content (AvgIpc) is 2.95. The number of rotatable bonds is 5. The molecule has 0 fully saturated rings. The summed E-state index contributed by atoms with van der Waals surface area (Å²) in [6.45, 7) is 0.292. The van der Waals surface area contributed by atoms with Gasteiger partial charge < -0.3 is 9.90 Å². The molecule has 126 valence electrons. The van der Waals surface area contributed by atoms with Gasteiger partial charge in [0.15, 0.2) is 0 Å². The molecule has 3 rings (SSSR count). The Morgan fingerprint density at radius 2 is 1.79 bits per heavy atom. The van der Waals surface area contributed by atoms with Crippen molar-refractivity contribution in [3.8, 4) is 0 Å². The summed E-state index contributed by atoms with van der Waals surface area (Å²) in [5.41, 5.74) is 2.14. The van der Waals surface area contributed by atoms with E-state index in [1.807, 2.05) is 0 Å². The molecule has 7 heteroatoms. The molecule has 1 atom stereocenters. The minimum absolute atomic E-state index is 0.0964. The van der Waals surface area contributed by atoms with E-state index in [0.717, 1.165) is 11.1 Å². The molecule has 1 unspecified atom stereocenters. The molecule has 0 saturated heterocycles. The summed E-state index contributed by atoms with van der Waals surface area (Å²) in [6.07, 6.45) is 1.35. The van der Waals surface area contributed by atoms with Crippen LogP contribution in [0.15, 0.2) is 47.4 Å². The highest BCUT2D eigenvalue weighted by molar-refractivity contribution is 7.89. The van der Waals surface area contributed by atoms with Crippen molar-refractivity contribution in [3.05, 3.63) is 64.2 Å². The first-order valence-corrected chi connectivity index (χ1v) is 9.29. The molecule has 2 aromatic carbocycles. The zero-order valence-electron chi connectivity index (χ0n) is 12.7. The molecular formula is C17H15ClNO4S-. The van der Waals surface area contributed by atoms with Gasteiger partial charge in [-0.05, 0) is 65.8 Å². The lowest BCUT2D eigenvalue weighted by Crippen LogP contribution is -2.29. The van der Waals surface area contributed by atoms with Crippen molar-refractivity contribution in [1.29, 1.82) is 0 Å². The maximum absolute atomic E-state index is 12.3. The van der Waals surface area contributed by atoms with E-state index in [4.69, 9.17) is 11.6 Å². The van der Waals surface area contributed by atoms with E-state index in [2.05, 4.69) is 4.72 Å². The van der Waals surface area contributed by atoms with Crippen molar-refractivity contribution in [2.24, 2.45) is 5.92 Å². The number of nitrogens with one attached hydrogen (secondary N) is 1. The summed E-state index contributed by atoms with van der Waals surface area (Å²) >= 11 is 5.77. The summed E-state index contributed by atoms with van der Waals surface area (Å²) in [6, 6.07) is 10.9. The molecule has 0 saturated carbocycles. The van der Waals surface area contributed by atoms with E-state index < -0.39 is 16.0 Å². The summed E-state index contributed by atoms with van der Waals surface area (Å²) in [4.78, 5) is 11.1. The van der Waals surface area contributed by atoms with Crippen LogP contribution >= 0.6 is 11.6 Å². The number of hydrogen-bond acceptors (Lipinski definition) is 4. The highest BCUT2D eigenvalue weighted by atomic mass is 35.5. The maximum atomic E-state index is 12.3. The quantitative estimate of drug-likeness (QED) is 0.868. The zero-order valence-corrected chi connectivity index (χ0v) is 14.2. The molecule has 5 nitrogen and oxygen atoms in total. The number of fused-ring (bicyclic) bond motifs is 1. The molecule has 1 aliphatic rings. The fourth-order valence-corrected chi connectivity index (χ4v) is 4.15. The van der Waals surface area contributed by atoms with Gasteiger partial charge in [-0.15, -0.1) is 0 Å². The van der Waals surface area contributed by atoms with Crippen molar-refractivity contribution >= 4 is 27.6 Å². The Kier molecular flexibility index (Phi) is 4.62. The van der Waals surface area contributed by atoms with Crippen molar-refractivity contribution < 1.29 is 18.3 Å². The van der Waals surface area contributed by atoms with Crippen LogP contribution in [0.3, 0.4) is 0 Å². The van der Waals surface area contributed by atoms with Gasteiger partial charge in [0.2, 0.25) is 10.0 Å². The third kappa shape index (κ3) is 3.61. The van der Waals surface area contributed by atoms with Crippen LogP contribution in [0.2, 0.25) is 5.02 Å². The topological polar surface area (TPSA) is 86.3 Å². The van der Waals surface area contributed by atoms with Gasteiger partial charge in [0.25, 0.3) is 0 Å². The Labute approximate surface area is 145 Å². The van der Waals surface area contributed by atoms with Crippen molar-refractivity contribution in [2.75, 3.05) is 6.54 Å². The minimum Gasteiger partial charge on any atom is -0.545 e. The standard InChI is InChI=1S/C17H16ClNO4S/c18-15-3-5-16(6-4-15)24(22,23)19-10-11-7-12-1-2-13(17(20)21)9-14(12)8-11/h1-6,9,11,19H,7-8,10H2,(H,20,21)/p-1. The Morgan fingerprint density at radius 1 is 1.12 bits per heavy atom. The number of sulfonamides is 1. The number of carboxylic acid groups (broad SMARTS) is 1. The number of hydrogen-bond donors (Lipinski definition) is 1. The Hall–Kier alpha value is -1.89. The van der Waals surface area contributed by atoms with E-state index in [9.17, 15) is 18.3 Å². The summed E-state index contributed by atoms with van der Waals surface area (Å²) in [5, 5.41) is 11.4. The second-order valence-electron chi connectivity index (χ2n) is 5.85. The van der Waals surface area contributed by atoms with Gasteiger partial charge in [0, 0.05) is 11.6 Å². The van der Waals surface area contributed by atoms with E-state index in [0.29, 0.717) is 24.4 Å². The minimum atomic E-state index is -3.59. The molecule has 1 N–H and O–H groups in total. The predicted octanol–water partition coefficient (Wildman–Crippen LogP) is 1.40. The van der Waals surface area contributed by atoms with Gasteiger partial charge >= 0.3 is 0 Å². The van der Waals surface area contributed by atoms with Crippen LogP contribution in [-0.2, 0) is 22.9 Å². The largest absolute Gasteiger partial charge is 0.545 e. The van der Waals surface area contributed by atoms with Gasteiger partial charge in [-0.3, -0.25) is 0 Å². The molecule has 1 aliphatic carbocycles. The molecule has 0 aliphatic heterocycles. The van der Waals surface area contributed by atoms with Crippen LogP contribution < -0.4 is 9.83 Å². The first-order chi connectivity index (χ1) is 11.3. The summed E-state index contributed by atoms with van der Waals surface area (Å²) in [5.74, 6) is -1.11. The number of benzene rings is 2. The first kappa shape index (κ1) is 17.0. The van der Waals surface area contributed by atoms with Gasteiger partial charge in [0.05, 0.1) is 10.9 Å². The molecule has 0 amide bonds. The molecule has 24 heavy (non-hydrogen) atoms. The van der Waals surface area contributed by atoms with E-state index >= 15 is 0 Å². The maximum Gasteiger partial charge on any atom is 0.240 e. The average molecular weight is 365 g/mol. The molecule has 0 aromatic heterocycles. The third-order valence-corrected chi connectivity index (χ3v) is 5.84. The highest BCUT2D eigenvalue weighted by Gasteiger charge is 2.24. The fraction of sp³-hybridized carbons (Fsp3) is 0.235. The Balaban J connectivity index is 1.66. The number of carbonyl (C=O) groups excluding carboxylic acids is 1. The van der Waals surface area contributed by atoms with Crippen LogP contribution in [0.25, 0.3) is 0 Å². The molecule has 0 heterocycles. The van der Waals surface area contributed by atoms with Crippen LogP contribution in [-0.4, -0.2) is 20.9 Å².